The average molecular weight is 187 g/mol. The molecule has 0 fully saturated rings. The van der Waals surface area contributed by atoms with Crippen molar-refractivity contribution in [1.82, 2.24) is 0 Å². The van der Waals surface area contributed by atoms with E-state index in [2.05, 4.69) is 0 Å². The van der Waals surface area contributed by atoms with Crippen LogP contribution in [0.15, 0.2) is 0 Å². The second-order valence-corrected chi connectivity index (χ2v) is 2.27. The molecule has 0 saturated heterocycles. The van der Waals surface area contributed by atoms with Crippen molar-refractivity contribution in [1.29, 1.82) is 0 Å². The highest BCUT2D eigenvalue weighted by molar-refractivity contribution is 9.10. The molecule has 0 radical (unpaired) electrons. The maximum absolute atomic E-state index is 11.7. The molecule has 0 aromatic rings. The minimum Gasteiger partial charge on any atom is -0.292 e. The Balaban J connectivity index is 3.82. The van der Waals surface area contributed by atoms with E-state index in [1.165, 1.54) is 6.92 Å². The predicted octanol–water partition coefficient (Wildman–Crippen LogP) is 1.95. The largest absolute Gasteiger partial charge is 0.358 e. The number of alkyl halides is 3. The Morgan fingerprint density at radius 2 is 2.12 bits per heavy atom. The summed E-state index contributed by atoms with van der Waals surface area (Å²) in [5.74, 6) is -1.09. The van der Waals surface area contributed by atoms with Gasteiger partial charge in [0.05, 0.1) is 0 Å². The van der Waals surface area contributed by atoms with E-state index >= 15 is 0 Å². The number of rotatable bonds is 2. The van der Waals surface area contributed by atoms with Crippen LogP contribution >= 0.6 is 15.9 Å². The van der Waals surface area contributed by atoms with Crippen LogP contribution < -0.4 is 0 Å². The molecule has 0 aliphatic rings. The molecule has 0 spiro atoms. The molecule has 0 aliphatic heterocycles. The molecule has 0 aromatic carbocycles. The van der Waals surface area contributed by atoms with Crippen molar-refractivity contribution in [2.75, 3.05) is 0 Å². The van der Waals surface area contributed by atoms with Crippen LogP contribution in [0.3, 0.4) is 0 Å². The quantitative estimate of drug-likeness (QED) is 0.603. The van der Waals surface area contributed by atoms with E-state index in [9.17, 15) is 13.6 Å². The zero-order valence-corrected chi connectivity index (χ0v) is 5.84. The smallest absolute Gasteiger partial charge is 0.292 e. The Morgan fingerprint density at radius 3 is 2.12 bits per heavy atom. The highest BCUT2D eigenvalue weighted by atomic mass is 79.9. The fourth-order valence-corrected chi connectivity index (χ4v) is 0.481. The molecule has 0 N–H and O–H groups in total. The summed E-state index contributed by atoms with van der Waals surface area (Å²) in [6.45, 7) is 1.39. The fraction of sp³-hybridized carbons (Fsp3) is 0.750. The van der Waals surface area contributed by atoms with Gasteiger partial charge < -0.3 is 0 Å². The number of halogens is 3. The van der Waals surface area contributed by atoms with Crippen molar-refractivity contribution in [3.8, 4) is 0 Å². The molecule has 0 heterocycles. The zero-order chi connectivity index (χ0) is 6.78. The molecule has 1 nitrogen and oxygen atoms in total. The zero-order valence-electron chi connectivity index (χ0n) is 4.25. The molecule has 0 atom stereocenters. The summed E-state index contributed by atoms with van der Waals surface area (Å²) in [4.78, 5) is 6.72. The van der Waals surface area contributed by atoms with Gasteiger partial charge >= 0.3 is 4.83 Å². The molecule has 0 saturated carbocycles. The summed E-state index contributed by atoms with van der Waals surface area (Å²) in [5, 5.41) is 0. The number of hydrogen-bond acceptors (Lipinski definition) is 1. The number of hydrogen-bond donors (Lipinski definition) is 0. The molecule has 0 amide bonds. The Hall–Kier alpha value is 0.01000. The Morgan fingerprint density at radius 1 is 1.75 bits per heavy atom. The molecular formula is C4H5BrF2O. The lowest BCUT2D eigenvalue weighted by molar-refractivity contribution is -0.131. The van der Waals surface area contributed by atoms with Gasteiger partial charge in [-0.15, -0.1) is 0 Å². The third kappa shape index (κ3) is 2.35. The van der Waals surface area contributed by atoms with Gasteiger partial charge in [0.25, 0.3) is 0 Å². The number of ketones is 1. The predicted molar refractivity (Wildman–Crippen MR) is 29.2 cm³/mol. The molecule has 0 rings (SSSR count). The third-order valence-corrected chi connectivity index (χ3v) is 1.08. The molecule has 4 heteroatoms. The summed E-state index contributed by atoms with van der Waals surface area (Å²) in [6.07, 6.45) is -0.141. The van der Waals surface area contributed by atoms with Crippen LogP contribution in [0, 0.1) is 0 Å². The molecular weight excluding hydrogens is 182 g/mol. The van der Waals surface area contributed by atoms with E-state index in [1.807, 2.05) is 15.9 Å². The number of carbonyl (C=O) groups is 1. The lowest BCUT2D eigenvalue weighted by Gasteiger charge is -2.01. The van der Waals surface area contributed by atoms with Crippen molar-refractivity contribution < 1.29 is 13.6 Å². The first-order valence-electron chi connectivity index (χ1n) is 2.08. The minimum absolute atomic E-state index is 0.141. The number of carbonyl (C=O) groups excluding carboxylic acids is 1. The van der Waals surface area contributed by atoms with Crippen molar-refractivity contribution in [3.63, 3.8) is 0 Å². The van der Waals surface area contributed by atoms with Crippen LogP contribution in [-0.4, -0.2) is 10.6 Å². The first-order valence-corrected chi connectivity index (χ1v) is 2.87. The van der Waals surface area contributed by atoms with Gasteiger partial charge in [-0.2, -0.15) is 8.78 Å². The van der Waals surface area contributed by atoms with Crippen molar-refractivity contribution in [2.45, 2.75) is 18.2 Å². The van der Waals surface area contributed by atoms with Gasteiger partial charge in [-0.05, 0) is 15.9 Å². The van der Waals surface area contributed by atoms with Gasteiger partial charge in [0, 0.05) is 6.42 Å². The highest BCUT2D eigenvalue weighted by Crippen LogP contribution is 2.23. The standard InChI is InChI=1S/C4H5BrF2O/c1-2-3(8)4(5,6)7/h2H2,1H3. The molecule has 48 valence electrons. The summed E-state index contributed by atoms with van der Waals surface area (Å²) in [5.41, 5.74) is 0. The summed E-state index contributed by atoms with van der Waals surface area (Å²) < 4.78 is 23.4. The van der Waals surface area contributed by atoms with Crippen LogP contribution in [0.2, 0.25) is 0 Å². The van der Waals surface area contributed by atoms with Crippen LogP contribution in [0.25, 0.3) is 0 Å². The first-order chi connectivity index (χ1) is 3.48. The molecule has 0 aliphatic carbocycles. The summed E-state index contributed by atoms with van der Waals surface area (Å²) in [6, 6.07) is 0. The highest BCUT2D eigenvalue weighted by Gasteiger charge is 2.32. The van der Waals surface area contributed by atoms with Gasteiger partial charge in [0.15, 0.2) is 0 Å². The molecule has 0 aromatic heterocycles. The first kappa shape index (κ1) is 8.01. The Kier molecular flexibility index (Phi) is 2.53. The van der Waals surface area contributed by atoms with Gasteiger partial charge in [-0.25, -0.2) is 0 Å². The van der Waals surface area contributed by atoms with E-state index < -0.39 is 10.6 Å². The third-order valence-electron chi connectivity index (χ3n) is 0.637. The van der Waals surface area contributed by atoms with Crippen molar-refractivity contribution in [2.24, 2.45) is 0 Å². The van der Waals surface area contributed by atoms with E-state index in [-0.39, 0.29) is 6.42 Å². The average Bonchev–Trinajstić information content (AvgIpc) is 1.62. The lowest BCUT2D eigenvalue weighted by Crippen LogP contribution is -2.18. The Labute approximate surface area is 54.2 Å². The maximum atomic E-state index is 11.7. The van der Waals surface area contributed by atoms with Gasteiger partial charge in [0.2, 0.25) is 5.78 Å². The summed E-state index contributed by atoms with van der Waals surface area (Å²) in [7, 11) is 0. The Bertz CT molecular complexity index is 96.7. The normalized spacial score (nSPS) is 11.5. The van der Waals surface area contributed by atoms with Crippen LogP contribution in [0.1, 0.15) is 13.3 Å². The topological polar surface area (TPSA) is 17.1 Å². The van der Waals surface area contributed by atoms with E-state index in [4.69, 9.17) is 0 Å². The van der Waals surface area contributed by atoms with Crippen LogP contribution in [-0.2, 0) is 4.79 Å². The number of Topliss-reactive ketones (excluding diaryl/α,β-unsaturated/α-hetero) is 1. The van der Waals surface area contributed by atoms with Crippen molar-refractivity contribution in [3.05, 3.63) is 0 Å². The van der Waals surface area contributed by atoms with Crippen LogP contribution in [0.5, 0.6) is 0 Å². The van der Waals surface area contributed by atoms with Gasteiger partial charge in [-0.1, -0.05) is 6.92 Å². The van der Waals surface area contributed by atoms with E-state index in [0.717, 1.165) is 0 Å². The van der Waals surface area contributed by atoms with E-state index in [0.29, 0.717) is 0 Å². The molecule has 0 bridgehead atoms. The van der Waals surface area contributed by atoms with E-state index in [1.54, 1.807) is 0 Å². The molecule has 0 unspecified atom stereocenters. The van der Waals surface area contributed by atoms with Gasteiger partial charge in [0.1, 0.15) is 0 Å². The minimum atomic E-state index is -3.32. The van der Waals surface area contributed by atoms with Crippen LogP contribution in [0.4, 0.5) is 8.78 Å². The van der Waals surface area contributed by atoms with Gasteiger partial charge in [-0.3, -0.25) is 4.79 Å². The summed E-state index contributed by atoms with van der Waals surface area (Å²) >= 11 is 1.92. The SMILES string of the molecule is CCC(=O)C(F)(F)Br. The second kappa shape index (κ2) is 2.53. The molecule has 8 heavy (non-hydrogen) atoms. The van der Waals surface area contributed by atoms with Crippen molar-refractivity contribution >= 4 is 21.7 Å². The fourth-order valence-electron chi connectivity index (χ4n) is 0.200. The second-order valence-electron chi connectivity index (χ2n) is 1.27. The lowest BCUT2D eigenvalue weighted by atomic mass is 10.3. The maximum Gasteiger partial charge on any atom is 0.358 e. The monoisotopic (exact) mass is 186 g/mol.